The zero-order valence-electron chi connectivity index (χ0n) is 12.3. The topological polar surface area (TPSA) is 63.0 Å². The van der Waals surface area contributed by atoms with E-state index in [1.807, 2.05) is 41.8 Å². The molecule has 0 saturated heterocycles. The predicted molar refractivity (Wildman–Crippen MR) is 97.9 cm³/mol. The maximum Gasteiger partial charge on any atom is 0.290 e. The van der Waals surface area contributed by atoms with Gasteiger partial charge in [-0.05, 0) is 35.2 Å². The second kappa shape index (κ2) is 6.43. The van der Waals surface area contributed by atoms with Crippen molar-refractivity contribution >= 4 is 40.2 Å². The summed E-state index contributed by atoms with van der Waals surface area (Å²) < 4.78 is 1.61. The minimum Gasteiger partial charge on any atom is -0.266 e. The van der Waals surface area contributed by atoms with Gasteiger partial charge in [-0.15, -0.1) is 16.4 Å². The summed E-state index contributed by atoms with van der Waals surface area (Å²) in [7, 11) is 0. The third-order valence-corrected chi connectivity index (χ3v) is 5.58. The fourth-order valence-electron chi connectivity index (χ4n) is 2.26. The van der Waals surface area contributed by atoms with Gasteiger partial charge in [0.2, 0.25) is 5.16 Å². The quantitative estimate of drug-likeness (QED) is 0.546. The Morgan fingerprint density at radius 2 is 2.08 bits per heavy atom. The maximum atomic E-state index is 12.0. The second-order valence-corrected chi connectivity index (χ2v) is 7.38. The van der Waals surface area contributed by atoms with Crippen LogP contribution in [0.25, 0.3) is 16.1 Å². The Morgan fingerprint density at radius 1 is 1.25 bits per heavy atom. The third-order valence-electron chi connectivity index (χ3n) is 3.43. The van der Waals surface area contributed by atoms with E-state index in [-0.39, 0.29) is 5.56 Å². The van der Waals surface area contributed by atoms with Crippen LogP contribution in [0.5, 0.6) is 0 Å². The smallest absolute Gasteiger partial charge is 0.266 e. The molecule has 0 aliphatic carbocycles. The highest BCUT2D eigenvalue weighted by Crippen LogP contribution is 2.26. The van der Waals surface area contributed by atoms with Gasteiger partial charge in [0.15, 0.2) is 0 Å². The predicted octanol–water partition coefficient (Wildman–Crippen LogP) is 4.09. The summed E-state index contributed by atoms with van der Waals surface area (Å²) in [6.07, 6.45) is 0. The second-order valence-electron chi connectivity index (χ2n) is 5.05. The molecule has 5 nitrogen and oxygen atoms in total. The summed E-state index contributed by atoms with van der Waals surface area (Å²) in [6, 6.07) is 13.4. The van der Waals surface area contributed by atoms with E-state index >= 15 is 0 Å². The van der Waals surface area contributed by atoms with E-state index in [0.717, 1.165) is 16.1 Å². The molecular weight excluding hydrogens is 364 g/mol. The molecule has 0 amide bonds. The van der Waals surface area contributed by atoms with Crippen molar-refractivity contribution in [3.63, 3.8) is 0 Å². The molecule has 0 saturated carbocycles. The lowest BCUT2D eigenvalue weighted by atomic mass is 10.2. The monoisotopic (exact) mass is 374 g/mol. The van der Waals surface area contributed by atoms with E-state index < -0.39 is 0 Å². The fraction of sp³-hybridized carbons (Fsp3) is 0.0625. The average Bonchev–Trinajstić information content (AvgIpc) is 3.25. The van der Waals surface area contributed by atoms with Crippen molar-refractivity contribution in [3.05, 3.63) is 68.8 Å². The van der Waals surface area contributed by atoms with Crippen molar-refractivity contribution in [1.82, 2.24) is 19.8 Å². The molecule has 120 valence electrons. The van der Waals surface area contributed by atoms with Gasteiger partial charge in [-0.1, -0.05) is 41.6 Å². The van der Waals surface area contributed by atoms with Crippen molar-refractivity contribution in [3.8, 4) is 10.6 Å². The highest BCUT2D eigenvalue weighted by molar-refractivity contribution is 7.98. The van der Waals surface area contributed by atoms with Gasteiger partial charge in [-0.3, -0.25) is 4.79 Å². The zero-order chi connectivity index (χ0) is 16.5. The number of rotatable bonds is 4. The van der Waals surface area contributed by atoms with Gasteiger partial charge in [0.05, 0.1) is 4.88 Å². The highest BCUT2D eigenvalue weighted by Gasteiger charge is 2.13. The Kier molecular flexibility index (Phi) is 4.13. The molecule has 0 aliphatic rings. The molecule has 1 N–H and O–H groups in total. The van der Waals surface area contributed by atoms with Crippen LogP contribution in [0.15, 0.2) is 57.8 Å². The van der Waals surface area contributed by atoms with Gasteiger partial charge in [0.25, 0.3) is 5.56 Å². The molecule has 0 atom stereocenters. The number of halogens is 1. The number of H-pyrrole nitrogens is 1. The van der Waals surface area contributed by atoms with Crippen LogP contribution in [-0.4, -0.2) is 19.8 Å². The van der Waals surface area contributed by atoms with Crippen molar-refractivity contribution < 1.29 is 0 Å². The minimum atomic E-state index is -0.249. The summed E-state index contributed by atoms with van der Waals surface area (Å²) in [6.45, 7) is 0. The van der Waals surface area contributed by atoms with Crippen LogP contribution in [-0.2, 0) is 5.75 Å². The average molecular weight is 375 g/mol. The largest absolute Gasteiger partial charge is 0.290 e. The minimum absolute atomic E-state index is 0.249. The molecule has 0 fully saturated rings. The molecule has 3 aromatic heterocycles. The van der Waals surface area contributed by atoms with Crippen LogP contribution in [0.2, 0.25) is 5.02 Å². The van der Waals surface area contributed by atoms with Gasteiger partial charge in [0.1, 0.15) is 11.2 Å². The van der Waals surface area contributed by atoms with Crippen molar-refractivity contribution in [2.24, 2.45) is 0 Å². The van der Waals surface area contributed by atoms with Crippen LogP contribution in [0.1, 0.15) is 5.56 Å². The van der Waals surface area contributed by atoms with E-state index in [9.17, 15) is 4.79 Å². The number of hydrogen-bond acceptors (Lipinski definition) is 5. The van der Waals surface area contributed by atoms with E-state index in [1.165, 1.54) is 11.8 Å². The molecule has 0 bridgehead atoms. The Morgan fingerprint density at radius 3 is 2.83 bits per heavy atom. The molecular formula is C16H11ClN4OS2. The number of aromatic amines is 1. The summed E-state index contributed by atoms with van der Waals surface area (Å²) in [5, 5.41) is 14.6. The zero-order valence-corrected chi connectivity index (χ0v) is 14.7. The van der Waals surface area contributed by atoms with E-state index in [0.29, 0.717) is 21.4 Å². The first-order valence-electron chi connectivity index (χ1n) is 7.10. The van der Waals surface area contributed by atoms with E-state index in [1.54, 1.807) is 21.9 Å². The lowest BCUT2D eigenvalue weighted by Gasteiger charge is -2.03. The molecule has 8 heteroatoms. The Labute approximate surface area is 150 Å². The highest BCUT2D eigenvalue weighted by atomic mass is 35.5. The van der Waals surface area contributed by atoms with Crippen LogP contribution in [0.4, 0.5) is 0 Å². The number of benzene rings is 1. The number of nitrogens with one attached hydrogen (secondary N) is 1. The van der Waals surface area contributed by atoms with Crippen LogP contribution in [0.3, 0.4) is 0 Å². The van der Waals surface area contributed by atoms with Gasteiger partial charge < -0.3 is 0 Å². The molecule has 0 unspecified atom stereocenters. The van der Waals surface area contributed by atoms with Gasteiger partial charge in [-0.2, -0.15) is 5.10 Å². The molecule has 1 aromatic carbocycles. The van der Waals surface area contributed by atoms with Gasteiger partial charge in [-0.25, -0.2) is 9.61 Å². The normalized spacial score (nSPS) is 11.2. The number of thiophene rings is 1. The van der Waals surface area contributed by atoms with E-state index in [2.05, 4.69) is 15.3 Å². The van der Waals surface area contributed by atoms with Crippen LogP contribution < -0.4 is 5.56 Å². The maximum absolute atomic E-state index is 12.0. The first-order chi connectivity index (χ1) is 11.7. The molecule has 0 aliphatic heterocycles. The third kappa shape index (κ3) is 2.98. The fourth-order valence-corrected chi connectivity index (χ4v) is 3.93. The number of hydrogen-bond donors (Lipinski definition) is 1. The van der Waals surface area contributed by atoms with Gasteiger partial charge >= 0.3 is 0 Å². The summed E-state index contributed by atoms with van der Waals surface area (Å²) in [5.74, 6) is 0.708. The number of aromatic nitrogens is 4. The number of thioether (sulfide) groups is 1. The van der Waals surface area contributed by atoms with Crippen molar-refractivity contribution in [2.45, 2.75) is 10.9 Å². The molecule has 24 heavy (non-hydrogen) atoms. The molecule has 4 rings (SSSR count). The Hall–Kier alpha value is -2.09. The summed E-state index contributed by atoms with van der Waals surface area (Å²) in [4.78, 5) is 13.0. The van der Waals surface area contributed by atoms with E-state index in [4.69, 9.17) is 11.6 Å². The summed E-state index contributed by atoms with van der Waals surface area (Å²) >= 11 is 9.00. The van der Waals surface area contributed by atoms with Crippen LogP contribution >= 0.6 is 34.7 Å². The standard InChI is InChI=1S/C16H11ClN4OS2/c17-11-5-3-10(4-6-11)9-24-16-19-18-15(22)13-8-12(20-21(13)16)14-2-1-7-23-14/h1-8H,9H2,(H,18,22). The SMILES string of the molecule is O=c1[nH]nc(SCc2ccc(Cl)cc2)n2nc(-c3cccs3)cc12. The lowest BCUT2D eigenvalue weighted by molar-refractivity contribution is 0.728. The number of nitrogens with zero attached hydrogens (tertiary/aromatic N) is 3. The lowest BCUT2D eigenvalue weighted by Crippen LogP contribution is -2.13. The molecule has 3 heterocycles. The Bertz CT molecular complexity index is 1040. The van der Waals surface area contributed by atoms with Crippen molar-refractivity contribution in [2.75, 3.05) is 0 Å². The van der Waals surface area contributed by atoms with Gasteiger partial charge in [0, 0.05) is 10.8 Å². The molecule has 4 aromatic rings. The first-order valence-corrected chi connectivity index (χ1v) is 9.34. The Balaban J connectivity index is 1.69. The first kappa shape index (κ1) is 15.4. The summed E-state index contributed by atoms with van der Waals surface area (Å²) in [5.41, 5.74) is 2.14. The number of fused-ring (bicyclic) bond motifs is 1. The van der Waals surface area contributed by atoms with Crippen LogP contribution in [0, 0.1) is 0 Å². The molecule has 0 spiro atoms. The van der Waals surface area contributed by atoms with Crippen molar-refractivity contribution in [1.29, 1.82) is 0 Å². The molecule has 0 radical (unpaired) electrons.